The molecular formula is C20H17N3O2. The van der Waals surface area contributed by atoms with Crippen LogP contribution in [-0.4, -0.2) is 16.6 Å². The molecule has 0 unspecified atom stereocenters. The zero-order chi connectivity index (χ0) is 17.2. The summed E-state index contributed by atoms with van der Waals surface area (Å²) in [7, 11) is 0. The summed E-state index contributed by atoms with van der Waals surface area (Å²) >= 11 is 0. The van der Waals surface area contributed by atoms with Gasteiger partial charge in [-0.15, -0.1) is 0 Å². The van der Waals surface area contributed by atoms with Crippen molar-refractivity contribution < 1.29 is 9.15 Å². The SMILES string of the molecule is CCOc1ccc(-c2cc(-c3cc4ccccc4o3)nc(N)n2)cc1. The van der Waals surface area contributed by atoms with Crippen LogP contribution in [0, 0.1) is 0 Å². The number of rotatable bonds is 4. The lowest BCUT2D eigenvalue weighted by Crippen LogP contribution is -1.98. The predicted molar refractivity (Wildman–Crippen MR) is 98.3 cm³/mol. The Morgan fingerprint density at radius 3 is 2.48 bits per heavy atom. The summed E-state index contributed by atoms with van der Waals surface area (Å²) < 4.78 is 11.4. The normalized spacial score (nSPS) is 10.9. The first-order chi connectivity index (χ1) is 12.2. The van der Waals surface area contributed by atoms with Crippen molar-refractivity contribution in [1.29, 1.82) is 0 Å². The highest BCUT2D eigenvalue weighted by Crippen LogP contribution is 2.30. The smallest absolute Gasteiger partial charge is 0.221 e. The standard InChI is InChI=1S/C20H17N3O2/c1-2-24-15-9-7-13(8-10-15)16-12-17(23-20(21)22-16)19-11-14-5-3-4-6-18(14)25-19/h3-12H,2H2,1H3,(H2,21,22,23). The fourth-order valence-corrected chi connectivity index (χ4v) is 2.74. The molecule has 0 saturated heterocycles. The number of para-hydroxylation sites is 1. The van der Waals surface area contributed by atoms with Crippen molar-refractivity contribution in [2.45, 2.75) is 6.92 Å². The number of anilines is 1. The largest absolute Gasteiger partial charge is 0.494 e. The molecule has 0 aliphatic carbocycles. The van der Waals surface area contributed by atoms with E-state index in [1.165, 1.54) is 0 Å². The van der Waals surface area contributed by atoms with Gasteiger partial charge < -0.3 is 14.9 Å². The van der Waals surface area contributed by atoms with E-state index in [1.807, 2.05) is 67.6 Å². The second-order valence-corrected chi connectivity index (χ2v) is 5.60. The third-order valence-corrected chi connectivity index (χ3v) is 3.88. The molecule has 4 aromatic rings. The molecule has 4 rings (SSSR count). The van der Waals surface area contributed by atoms with Gasteiger partial charge in [-0.2, -0.15) is 0 Å². The van der Waals surface area contributed by atoms with Crippen molar-refractivity contribution in [3.8, 4) is 28.5 Å². The van der Waals surface area contributed by atoms with Gasteiger partial charge in [-0.05, 0) is 49.4 Å². The fraction of sp³-hybridized carbons (Fsp3) is 0.100. The maximum absolute atomic E-state index is 5.92. The number of benzene rings is 2. The van der Waals surface area contributed by atoms with Crippen LogP contribution in [0.5, 0.6) is 5.75 Å². The van der Waals surface area contributed by atoms with E-state index in [0.29, 0.717) is 18.1 Å². The van der Waals surface area contributed by atoms with Crippen LogP contribution in [0.4, 0.5) is 5.95 Å². The molecule has 0 spiro atoms. The van der Waals surface area contributed by atoms with Gasteiger partial charge in [0.2, 0.25) is 5.95 Å². The molecule has 2 aromatic heterocycles. The van der Waals surface area contributed by atoms with Crippen molar-refractivity contribution in [2.24, 2.45) is 0 Å². The van der Waals surface area contributed by atoms with E-state index in [9.17, 15) is 0 Å². The summed E-state index contributed by atoms with van der Waals surface area (Å²) in [6, 6.07) is 19.4. The van der Waals surface area contributed by atoms with Crippen molar-refractivity contribution in [1.82, 2.24) is 9.97 Å². The highest BCUT2D eigenvalue weighted by Gasteiger charge is 2.11. The zero-order valence-corrected chi connectivity index (χ0v) is 13.8. The van der Waals surface area contributed by atoms with E-state index in [2.05, 4.69) is 9.97 Å². The molecule has 25 heavy (non-hydrogen) atoms. The summed E-state index contributed by atoms with van der Waals surface area (Å²) in [5, 5.41) is 1.03. The van der Waals surface area contributed by atoms with E-state index in [1.54, 1.807) is 0 Å². The Morgan fingerprint density at radius 1 is 0.960 bits per heavy atom. The van der Waals surface area contributed by atoms with Crippen LogP contribution in [-0.2, 0) is 0 Å². The number of ether oxygens (including phenoxy) is 1. The average Bonchev–Trinajstić information content (AvgIpc) is 3.06. The Bertz CT molecular complexity index is 990. The summed E-state index contributed by atoms with van der Waals surface area (Å²) in [6.07, 6.45) is 0. The maximum atomic E-state index is 5.92. The lowest BCUT2D eigenvalue weighted by Gasteiger charge is -2.06. The number of hydrogen-bond acceptors (Lipinski definition) is 5. The molecule has 0 bridgehead atoms. The van der Waals surface area contributed by atoms with Crippen molar-refractivity contribution >= 4 is 16.9 Å². The molecule has 0 atom stereocenters. The average molecular weight is 331 g/mol. The number of nitrogens with zero attached hydrogens (tertiary/aromatic N) is 2. The predicted octanol–water partition coefficient (Wildman–Crippen LogP) is 4.54. The molecule has 2 N–H and O–H groups in total. The Labute approximate surface area is 145 Å². The molecule has 124 valence electrons. The maximum Gasteiger partial charge on any atom is 0.221 e. The van der Waals surface area contributed by atoms with E-state index >= 15 is 0 Å². The molecule has 2 aromatic carbocycles. The second kappa shape index (κ2) is 6.28. The minimum absolute atomic E-state index is 0.210. The summed E-state index contributed by atoms with van der Waals surface area (Å²) in [5.74, 6) is 1.70. The third kappa shape index (κ3) is 3.04. The summed E-state index contributed by atoms with van der Waals surface area (Å²) in [6.45, 7) is 2.59. The van der Waals surface area contributed by atoms with Gasteiger partial charge in [0.15, 0.2) is 5.76 Å². The Morgan fingerprint density at radius 2 is 1.72 bits per heavy atom. The van der Waals surface area contributed by atoms with Crippen molar-refractivity contribution in [3.63, 3.8) is 0 Å². The van der Waals surface area contributed by atoms with Crippen molar-refractivity contribution in [3.05, 3.63) is 60.7 Å². The highest BCUT2D eigenvalue weighted by molar-refractivity contribution is 5.82. The minimum Gasteiger partial charge on any atom is -0.494 e. The monoisotopic (exact) mass is 331 g/mol. The third-order valence-electron chi connectivity index (χ3n) is 3.88. The lowest BCUT2D eigenvalue weighted by atomic mass is 10.1. The number of hydrogen-bond donors (Lipinski definition) is 1. The van der Waals surface area contributed by atoms with Gasteiger partial charge >= 0.3 is 0 Å². The Hall–Kier alpha value is -3.34. The van der Waals surface area contributed by atoms with Gasteiger partial charge in [-0.25, -0.2) is 9.97 Å². The fourth-order valence-electron chi connectivity index (χ4n) is 2.74. The molecule has 0 saturated carbocycles. The van der Waals surface area contributed by atoms with Gasteiger partial charge in [-0.3, -0.25) is 0 Å². The summed E-state index contributed by atoms with van der Waals surface area (Å²) in [5.41, 5.74) is 9.08. The van der Waals surface area contributed by atoms with Crippen LogP contribution in [0.3, 0.4) is 0 Å². The first-order valence-electron chi connectivity index (χ1n) is 8.09. The number of nitrogens with two attached hydrogens (primary N) is 1. The lowest BCUT2D eigenvalue weighted by molar-refractivity contribution is 0.340. The van der Waals surface area contributed by atoms with Crippen LogP contribution in [0.2, 0.25) is 0 Å². The highest BCUT2D eigenvalue weighted by atomic mass is 16.5. The first-order valence-corrected chi connectivity index (χ1v) is 8.09. The zero-order valence-electron chi connectivity index (χ0n) is 13.8. The van der Waals surface area contributed by atoms with Gasteiger partial charge in [0, 0.05) is 10.9 Å². The Balaban J connectivity index is 1.75. The van der Waals surface area contributed by atoms with Gasteiger partial charge in [0.1, 0.15) is 17.0 Å². The molecule has 0 amide bonds. The number of furan rings is 1. The molecule has 5 heteroatoms. The van der Waals surface area contributed by atoms with Crippen LogP contribution in [0.15, 0.2) is 65.1 Å². The first kappa shape index (κ1) is 15.2. The van der Waals surface area contributed by atoms with Crippen LogP contribution >= 0.6 is 0 Å². The number of nitrogen functional groups attached to an aromatic ring is 1. The Kier molecular flexibility index (Phi) is 3.82. The molecular weight excluding hydrogens is 314 g/mol. The van der Waals surface area contributed by atoms with E-state index in [4.69, 9.17) is 14.9 Å². The molecule has 0 radical (unpaired) electrons. The van der Waals surface area contributed by atoms with Crippen LogP contribution in [0.1, 0.15) is 6.92 Å². The van der Waals surface area contributed by atoms with Gasteiger partial charge in [0.25, 0.3) is 0 Å². The molecule has 0 aliphatic heterocycles. The number of aromatic nitrogens is 2. The molecule has 5 nitrogen and oxygen atoms in total. The minimum atomic E-state index is 0.210. The topological polar surface area (TPSA) is 74.2 Å². The molecule has 2 heterocycles. The van der Waals surface area contributed by atoms with Gasteiger partial charge in [-0.1, -0.05) is 18.2 Å². The summed E-state index contributed by atoms with van der Waals surface area (Å²) in [4.78, 5) is 8.66. The second-order valence-electron chi connectivity index (χ2n) is 5.60. The van der Waals surface area contributed by atoms with E-state index < -0.39 is 0 Å². The van der Waals surface area contributed by atoms with Crippen molar-refractivity contribution in [2.75, 3.05) is 12.3 Å². The van der Waals surface area contributed by atoms with Crippen LogP contribution < -0.4 is 10.5 Å². The van der Waals surface area contributed by atoms with E-state index in [-0.39, 0.29) is 5.95 Å². The molecule has 0 aliphatic rings. The van der Waals surface area contributed by atoms with Gasteiger partial charge in [0.05, 0.1) is 12.3 Å². The van der Waals surface area contributed by atoms with E-state index in [0.717, 1.165) is 28.0 Å². The number of fused-ring (bicyclic) bond motifs is 1. The van der Waals surface area contributed by atoms with Crippen LogP contribution in [0.25, 0.3) is 33.7 Å². The molecule has 0 fully saturated rings. The quantitative estimate of drug-likeness (QED) is 0.594.